The lowest BCUT2D eigenvalue weighted by atomic mass is 10.1. The summed E-state index contributed by atoms with van der Waals surface area (Å²) in [5.41, 5.74) is 2.25. The van der Waals surface area contributed by atoms with Gasteiger partial charge < -0.3 is 15.5 Å². The largest absolute Gasteiger partial charge is 0.365 e. The highest BCUT2D eigenvalue weighted by atomic mass is 79.9. The van der Waals surface area contributed by atoms with E-state index in [1.54, 1.807) is 0 Å². The zero-order chi connectivity index (χ0) is 16.0. The van der Waals surface area contributed by atoms with E-state index in [2.05, 4.69) is 52.5 Å². The topological polar surface area (TPSA) is 44.4 Å². The maximum Gasteiger partial charge on any atom is 0.239 e. The quantitative estimate of drug-likeness (QED) is 0.790. The van der Waals surface area contributed by atoms with Gasteiger partial charge in [0.25, 0.3) is 0 Å². The number of hydrogen-bond donors (Lipinski definition) is 2. The molecule has 0 aliphatic heterocycles. The molecular formula is C16H26BrN3O. The van der Waals surface area contributed by atoms with Crippen LogP contribution in [0.5, 0.6) is 0 Å². The Morgan fingerprint density at radius 3 is 2.48 bits per heavy atom. The standard InChI is InChI=1S/C16H26BrN3O/c1-11(2)18-9-13-6-7-14(17)8-15(13)20(5)10-16(21)19-12(3)4/h6-8,11-12,18H,9-10H2,1-5H3,(H,19,21). The number of nitrogens with zero attached hydrogens (tertiary/aromatic N) is 1. The lowest BCUT2D eigenvalue weighted by molar-refractivity contribution is -0.120. The van der Waals surface area contributed by atoms with Gasteiger partial charge in [-0.25, -0.2) is 0 Å². The SMILES string of the molecule is CC(C)NCc1ccc(Br)cc1N(C)CC(=O)NC(C)C. The van der Waals surface area contributed by atoms with Crippen molar-refractivity contribution in [3.8, 4) is 0 Å². The molecule has 0 heterocycles. The predicted octanol–water partition coefficient (Wildman–Crippen LogP) is 2.91. The zero-order valence-electron chi connectivity index (χ0n) is 13.5. The number of carbonyl (C=O) groups excluding carboxylic acids is 1. The number of benzene rings is 1. The third kappa shape index (κ3) is 6.48. The van der Waals surface area contributed by atoms with Gasteiger partial charge in [-0.15, -0.1) is 0 Å². The molecular weight excluding hydrogens is 330 g/mol. The van der Waals surface area contributed by atoms with Crippen LogP contribution in [-0.2, 0) is 11.3 Å². The summed E-state index contributed by atoms with van der Waals surface area (Å²) in [6.07, 6.45) is 0. The highest BCUT2D eigenvalue weighted by Gasteiger charge is 2.12. The van der Waals surface area contributed by atoms with Gasteiger partial charge >= 0.3 is 0 Å². The van der Waals surface area contributed by atoms with E-state index in [0.29, 0.717) is 12.6 Å². The Bertz CT molecular complexity index is 475. The summed E-state index contributed by atoms with van der Waals surface area (Å²) in [6, 6.07) is 6.76. The number of rotatable bonds is 7. The number of hydrogen-bond acceptors (Lipinski definition) is 3. The van der Waals surface area contributed by atoms with Crippen molar-refractivity contribution in [3.05, 3.63) is 28.2 Å². The van der Waals surface area contributed by atoms with Gasteiger partial charge in [-0.2, -0.15) is 0 Å². The van der Waals surface area contributed by atoms with Crippen LogP contribution < -0.4 is 15.5 Å². The van der Waals surface area contributed by atoms with Crippen molar-refractivity contribution in [2.45, 2.75) is 46.3 Å². The first kappa shape index (κ1) is 18.0. The Hall–Kier alpha value is -1.07. The van der Waals surface area contributed by atoms with Crippen LogP contribution in [0.25, 0.3) is 0 Å². The van der Waals surface area contributed by atoms with Gasteiger partial charge in [-0.3, -0.25) is 4.79 Å². The molecule has 0 unspecified atom stereocenters. The van der Waals surface area contributed by atoms with Crippen LogP contribution in [-0.4, -0.2) is 31.6 Å². The average molecular weight is 356 g/mol. The maximum atomic E-state index is 11.9. The van der Waals surface area contributed by atoms with E-state index in [1.807, 2.05) is 31.9 Å². The number of likely N-dealkylation sites (N-methyl/N-ethyl adjacent to an activating group) is 1. The third-order valence-corrected chi connectivity index (χ3v) is 3.48. The van der Waals surface area contributed by atoms with E-state index in [0.717, 1.165) is 16.7 Å². The molecule has 5 heteroatoms. The molecule has 4 nitrogen and oxygen atoms in total. The summed E-state index contributed by atoms with van der Waals surface area (Å²) >= 11 is 3.50. The smallest absolute Gasteiger partial charge is 0.239 e. The molecule has 0 bridgehead atoms. The summed E-state index contributed by atoms with van der Waals surface area (Å²) in [5.74, 6) is 0.0373. The minimum atomic E-state index is 0.0373. The molecule has 0 saturated heterocycles. The number of nitrogens with one attached hydrogen (secondary N) is 2. The fraction of sp³-hybridized carbons (Fsp3) is 0.562. The van der Waals surface area contributed by atoms with Crippen molar-refractivity contribution in [1.82, 2.24) is 10.6 Å². The van der Waals surface area contributed by atoms with Gasteiger partial charge in [0, 0.05) is 35.8 Å². The molecule has 118 valence electrons. The van der Waals surface area contributed by atoms with Gasteiger partial charge in [-0.1, -0.05) is 35.8 Å². The lowest BCUT2D eigenvalue weighted by Gasteiger charge is -2.23. The van der Waals surface area contributed by atoms with Gasteiger partial charge in [0.2, 0.25) is 5.91 Å². The second kappa shape index (κ2) is 8.39. The molecule has 1 rings (SSSR count). The molecule has 0 radical (unpaired) electrons. The Kier molecular flexibility index (Phi) is 7.18. The zero-order valence-corrected chi connectivity index (χ0v) is 15.1. The molecule has 0 aliphatic carbocycles. The Morgan fingerprint density at radius 1 is 1.24 bits per heavy atom. The highest BCUT2D eigenvalue weighted by Crippen LogP contribution is 2.24. The Balaban J connectivity index is 2.83. The number of halogens is 1. The molecule has 2 N–H and O–H groups in total. The molecule has 0 spiro atoms. The highest BCUT2D eigenvalue weighted by molar-refractivity contribution is 9.10. The molecule has 0 aromatic heterocycles. The van der Waals surface area contributed by atoms with Crippen molar-refractivity contribution in [1.29, 1.82) is 0 Å². The van der Waals surface area contributed by atoms with Gasteiger partial charge in [0.15, 0.2) is 0 Å². The lowest BCUT2D eigenvalue weighted by Crippen LogP contribution is -2.39. The van der Waals surface area contributed by atoms with Crippen molar-refractivity contribution in [3.63, 3.8) is 0 Å². The monoisotopic (exact) mass is 355 g/mol. The molecule has 0 aliphatic rings. The fourth-order valence-corrected chi connectivity index (χ4v) is 2.37. The van der Waals surface area contributed by atoms with Gasteiger partial charge in [-0.05, 0) is 31.5 Å². The maximum absolute atomic E-state index is 11.9. The fourth-order valence-electron chi connectivity index (χ4n) is 2.02. The first-order valence-corrected chi connectivity index (χ1v) is 8.11. The van der Waals surface area contributed by atoms with Crippen LogP contribution in [0.1, 0.15) is 33.3 Å². The first-order valence-electron chi connectivity index (χ1n) is 7.32. The van der Waals surface area contributed by atoms with Crippen LogP contribution in [0.2, 0.25) is 0 Å². The van der Waals surface area contributed by atoms with Gasteiger partial charge in [0.05, 0.1) is 6.54 Å². The van der Waals surface area contributed by atoms with E-state index in [9.17, 15) is 4.79 Å². The van der Waals surface area contributed by atoms with Crippen molar-refractivity contribution >= 4 is 27.5 Å². The van der Waals surface area contributed by atoms with Crippen LogP contribution in [0.3, 0.4) is 0 Å². The second-order valence-electron chi connectivity index (χ2n) is 5.89. The molecule has 1 aromatic carbocycles. The summed E-state index contributed by atoms with van der Waals surface area (Å²) in [6.45, 7) is 9.32. The van der Waals surface area contributed by atoms with Crippen molar-refractivity contribution in [2.24, 2.45) is 0 Å². The normalized spacial score (nSPS) is 11.0. The number of anilines is 1. The van der Waals surface area contributed by atoms with Crippen LogP contribution in [0.4, 0.5) is 5.69 Å². The van der Waals surface area contributed by atoms with Crippen LogP contribution >= 0.6 is 15.9 Å². The third-order valence-electron chi connectivity index (χ3n) is 2.99. The molecule has 0 atom stereocenters. The summed E-state index contributed by atoms with van der Waals surface area (Å²) < 4.78 is 1.02. The van der Waals surface area contributed by atoms with Crippen molar-refractivity contribution < 1.29 is 4.79 Å². The van der Waals surface area contributed by atoms with Crippen molar-refractivity contribution in [2.75, 3.05) is 18.5 Å². The van der Waals surface area contributed by atoms with E-state index in [1.165, 1.54) is 5.56 Å². The molecule has 0 fully saturated rings. The minimum Gasteiger partial charge on any atom is -0.365 e. The molecule has 1 aromatic rings. The van der Waals surface area contributed by atoms with E-state index >= 15 is 0 Å². The Labute approximate surface area is 136 Å². The second-order valence-corrected chi connectivity index (χ2v) is 6.80. The van der Waals surface area contributed by atoms with E-state index < -0.39 is 0 Å². The van der Waals surface area contributed by atoms with E-state index in [-0.39, 0.29) is 11.9 Å². The molecule has 0 saturated carbocycles. The predicted molar refractivity (Wildman–Crippen MR) is 92.7 cm³/mol. The van der Waals surface area contributed by atoms with E-state index in [4.69, 9.17) is 0 Å². The molecule has 21 heavy (non-hydrogen) atoms. The number of carbonyl (C=O) groups is 1. The summed E-state index contributed by atoms with van der Waals surface area (Å²) in [7, 11) is 1.94. The summed E-state index contributed by atoms with van der Waals surface area (Å²) in [5, 5.41) is 6.34. The van der Waals surface area contributed by atoms with Crippen LogP contribution in [0.15, 0.2) is 22.7 Å². The average Bonchev–Trinajstić information content (AvgIpc) is 2.35. The Morgan fingerprint density at radius 2 is 1.90 bits per heavy atom. The minimum absolute atomic E-state index is 0.0373. The first-order chi connectivity index (χ1) is 9.79. The number of amides is 1. The van der Waals surface area contributed by atoms with Crippen LogP contribution in [0, 0.1) is 0 Å². The summed E-state index contributed by atoms with van der Waals surface area (Å²) in [4.78, 5) is 13.9. The van der Waals surface area contributed by atoms with Gasteiger partial charge in [0.1, 0.15) is 0 Å². The molecule has 1 amide bonds.